The van der Waals surface area contributed by atoms with Gasteiger partial charge in [0, 0.05) is 6.54 Å². The number of nitrogens with one attached hydrogen (secondary N) is 1. The maximum absolute atomic E-state index is 13.3. The van der Waals surface area contributed by atoms with Crippen LogP contribution < -0.4 is 9.62 Å². The zero-order valence-corrected chi connectivity index (χ0v) is 16.1. The highest BCUT2D eigenvalue weighted by atomic mass is 32.2. The lowest BCUT2D eigenvalue weighted by atomic mass is 10.2. The highest BCUT2D eigenvalue weighted by Crippen LogP contribution is 2.23. The first-order valence-corrected chi connectivity index (χ1v) is 10.1. The van der Waals surface area contributed by atoms with Gasteiger partial charge in [-0.2, -0.15) is 0 Å². The van der Waals surface area contributed by atoms with Crippen LogP contribution in [0.15, 0.2) is 83.8 Å². The van der Waals surface area contributed by atoms with Crippen LogP contribution in [0, 0.1) is 11.6 Å². The van der Waals surface area contributed by atoms with Crippen LogP contribution in [-0.2, 0) is 21.4 Å². The van der Waals surface area contributed by atoms with Gasteiger partial charge in [-0.3, -0.25) is 9.10 Å². The van der Waals surface area contributed by atoms with E-state index >= 15 is 0 Å². The number of para-hydroxylation sites is 1. The molecule has 0 fully saturated rings. The van der Waals surface area contributed by atoms with Crippen LogP contribution in [0.2, 0.25) is 0 Å². The number of sulfonamides is 1. The number of amides is 1. The number of carbonyl (C=O) groups is 1. The third-order valence-corrected chi connectivity index (χ3v) is 5.90. The third-order valence-electron chi connectivity index (χ3n) is 4.11. The number of carbonyl (C=O) groups excluding carboxylic acids is 1. The molecular weight excluding hydrogens is 398 g/mol. The Morgan fingerprint density at radius 2 is 1.55 bits per heavy atom. The van der Waals surface area contributed by atoms with Crippen molar-refractivity contribution in [3.63, 3.8) is 0 Å². The molecule has 3 rings (SSSR count). The normalized spacial score (nSPS) is 11.1. The Kier molecular flexibility index (Phi) is 6.23. The Balaban J connectivity index is 1.82. The summed E-state index contributed by atoms with van der Waals surface area (Å²) in [7, 11) is -4.11. The molecule has 0 bridgehead atoms. The average Bonchev–Trinajstić information content (AvgIpc) is 2.71. The third kappa shape index (κ3) is 5.17. The molecule has 0 aliphatic rings. The van der Waals surface area contributed by atoms with Crippen molar-refractivity contribution in [2.75, 3.05) is 10.8 Å². The summed E-state index contributed by atoms with van der Waals surface area (Å²) in [6, 6.07) is 18.2. The van der Waals surface area contributed by atoms with E-state index in [1.54, 1.807) is 36.4 Å². The van der Waals surface area contributed by atoms with E-state index in [0.29, 0.717) is 5.56 Å². The largest absolute Gasteiger partial charge is 0.350 e. The molecule has 1 amide bonds. The Morgan fingerprint density at radius 3 is 2.21 bits per heavy atom. The van der Waals surface area contributed by atoms with E-state index < -0.39 is 34.1 Å². The molecule has 0 spiro atoms. The Hall–Kier alpha value is -3.26. The second kappa shape index (κ2) is 8.83. The van der Waals surface area contributed by atoms with Gasteiger partial charge in [-0.1, -0.05) is 30.3 Å². The van der Waals surface area contributed by atoms with E-state index in [2.05, 4.69) is 5.32 Å². The quantitative estimate of drug-likeness (QED) is 0.641. The molecule has 3 aromatic carbocycles. The van der Waals surface area contributed by atoms with Crippen molar-refractivity contribution < 1.29 is 22.0 Å². The van der Waals surface area contributed by atoms with Crippen LogP contribution in [0.4, 0.5) is 14.5 Å². The molecule has 1 N–H and O–H groups in total. The van der Waals surface area contributed by atoms with Crippen molar-refractivity contribution in [3.05, 3.63) is 96.1 Å². The molecule has 3 aromatic rings. The van der Waals surface area contributed by atoms with Gasteiger partial charge in [0.05, 0.1) is 10.6 Å². The lowest BCUT2D eigenvalue weighted by molar-refractivity contribution is -0.119. The SMILES string of the molecule is O=C(CN(c1ccccc1)S(=O)(=O)c1ccc(F)cc1)NCc1cccc(F)c1. The molecule has 0 atom stereocenters. The maximum atomic E-state index is 13.3. The molecule has 0 aliphatic carbocycles. The van der Waals surface area contributed by atoms with Crippen LogP contribution in [0.5, 0.6) is 0 Å². The molecule has 0 saturated carbocycles. The number of hydrogen-bond acceptors (Lipinski definition) is 3. The average molecular weight is 416 g/mol. The number of anilines is 1. The summed E-state index contributed by atoms with van der Waals surface area (Å²) in [5.41, 5.74) is 0.837. The molecule has 0 aromatic heterocycles. The fourth-order valence-corrected chi connectivity index (χ4v) is 4.10. The van der Waals surface area contributed by atoms with Gasteiger partial charge in [-0.05, 0) is 54.1 Å². The summed E-state index contributed by atoms with van der Waals surface area (Å²) in [5.74, 6) is -1.56. The summed E-state index contributed by atoms with van der Waals surface area (Å²) in [6.07, 6.45) is 0. The molecule has 5 nitrogen and oxygen atoms in total. The molecule has 8 heteroatoms. The first-order valence-electron chi connectivity index (χ1n) is 8.71. The molecule has 150 valence electrons. The van der Waals surface area contributed by atoms with Crippen molar-refractivity contribution in [2.45, 2.75) is 11.4 Å². The molecule has 0 heterocycles. The minimum Gasteiger partial charge on any atom is -0.350 e. The maximum Gasteiger partial charge on any atom is 0.264 e. The van der Waals surface area contributed by atoms with E-state index in [4.69, 9.17) is 0 Å². The predicted octanol–water partition coefficient (Wildman–Crippen LogP) is 3.48. The molecule has 0 aliphatic heterocycles. The van der Waals surface area contributed by atoms with Crippen LogP contribution in [0.3, 0.4) is 0 Å². The predicted molar refractivity (Wildman–Crippen MR) is 106 cm³/mol. The van der Waals surface area contributed by atoms with E-state index in [-0.39, 0.29) is 17.1 Å². The first-order chi connectivity index (χ1) is 13.9. The van der Waals surface area contributed by atoms with E-state index in [9.17, 15) is 22.0 Å². The van der Waals surface area contributed by atoms with E-state index in [1.807, 2.05) is 0 Å². The minimum absolute atomic E-state index is 0.0514. The van der Waals surface area contributed by atoms with Crippen molar-refractivity contribution >= 4 is 21.6 Å². The Morgan fingerprint density at radius 1 is 0.862 bits per heavy atom. The summed E-state index contributed by atoms with van der Waals surface area (Å²) in [6.45, 7) is -0.436. The van der Waals surface area contributed by atoms with Gasteiger partial charge in [-0.25, -0.2) is 17.2 Å². The zero-order valence-electron chi connectivity index (χ0n) is 15.3. The standard InChI is InChI=1S/C21H18F2N2O3S/c22-17-9-11-20(12-10-17)29(27,28)25(19-7-2-1-3-8-19)15-21(26)24-14-16-5-4-6-18(23)13-16/h1-13H,14-15H2,(H,24,26). The molecule has 0 radical (unpaired) electrons. The smallest absolute Gasteiger partial charge is 0.264 e. The first kappa shape index (κ1) is 20.5. The summed E-state index contributed by atoms with van der Waals surface area (Å²) in [4.78, 5) is 12.3. The van der Waals surface area contributed by atoms with Gasteiger partial charge in [0.15, 0.2) is 0 Å². The van der Waals surface area contributed by atoms with E-state index in [0.717, 1.165) is 28.6 Å². The minimum atomic E-state index is -4.11. The Labute approximate surface area is 167 Å². The lowest BCUT2D eigenvalue weighted by Gasteiger charge is -2.24. The van der Waals surface area contributed by atoms with Gasteiger partial charge >= 0.3 is 0 Å². The topological polar surface area (TPSA) is 66.5 Å². The zero-order chi connectivity index (χ0) is 20.9. The monoisotopic (exact) mass is 416 g/mol. The van der Waals surface area contributed by atoms with Gasteiger partial charge < -0.3 is 5.32 Å². The molecule has 29 heavy (non-hydrogen) atoms. The number of halogens is 2. The second-order valence-corrected chi connectivity index (χ2v) is 8.07. The molecular formula is C21H18F2N2O3S. The number of hydrogen-bond donors (Lipinski definition) is 1. The van der Waals surface area contributed by atoms with Crippen LogP contribution in [0.25, 0.3) is 0 Å². The van der Waals surface area contributed by atoms with Gasteiger partial charge in [0.25, 0.3) is 10.0 Å². The van der Waals surface area contributed by atoms with Crippen molar-refractivity contribution in [1.82, 2.24) is 5.32 Å². The highest BCUT2D eigenvalue weighted by Gasteiger charge is 2.27. The van der Waals surface area contributed by atoms with E-state index in [1.165, 1.54) is 18.2 Å². The fraction of sp³-hybridized carbons (Fsp3) is 0.0952. The number of nitrogens with zero attached hydrogens (tertiary/aromatic N) is 1. The molecule has 0 saturated heterocycles. The Bertz CT molecular complexity index is 1090. The summed E-state index contributed by atoms with van der Waals surface area (Å²) >= 11 is 0. The summed E-state index contributed by atoms with van der Waals surface area (Å²) < 4.78 is 53.6. The van der Waals surface area contributed by atoms with Gasteiger partial charge in [-0.15, -0.1) is 0 Å². The number of benzene rings is 3. The van der Waals surface area contributed by atoms with Crippen LogP contribution in [-0.4, -0.2) is 20.9 Å². The van der Waals surface area contributed by atoms with Gasteiger partial charge in [0.1, 0.15) is 18.2 Å². The van der Waals surface area contributed by atoms with Crippen molar-refractivity contribution in [1.29, 1.82) is 0 Å². The van der Waals surface area contributed by atoms with Crippen molar-refractivity contribution in [2.24, 2.45) is 0 Å². The highest BCUT2D eigenvalue weighted by molar-refractivity contribution is 7.92. The van der Waals surface area contributed by atoms with Crippen LogP contribution in [0.1, 0.15) is 5.56 Å². The number of rotatable bonds is 7. The molecule has 0 unspecified atom stereocenters. The summed E-state index contributed by atoms with van der Waals surface area (Å²) in [5, 5.41) is 2.59. The van der Waals surface area contributed by atoms with Crippen LogP contribution >= 0.6 is 0 Å². The second-order valence-electron chi connectivity index (χ2n) is 6.21. The van der Waals surface area contributed by atoms with Crippen molar-refractivity contribution in [3.8, 4) is 0 Å². The van der Waals surface area contributed by atoms with Gasteiger partial charge in [0.2, 0.25) is 5.91 Å². The fourth-order valence-electron chi connectivity index (χ4n) is 2.68. The lowest BCUT2D eigenvalue weighted by Crippen LogP contribution is -2.40.